The Morgan fingerprint density at radius 3 is 1.91 bits per heavy atom. The fraction of sp³-hybridized carbons (Fsp3) is 0.360. The van der Waals surface area contributed by atoms with Crippen LogP contribution in [-0.2, 0) is 19.1 Å². The molecule has 0 aromatic heterocycles. The summed E-state index contributed by atoms with van der Waals surface area (Å²) in [5.41, 5.74) is 1.32. The summed E-state index contributed by atoms with van der Waals surface area (Å²) in [5, 5.41) is 16.0. The Morgan fingerprint density at radius 1 is 0.886 bits per heavy atom. The van der Waals surface area contributed by atoms with Gasteiger partial charge >= 0.3 is 12.1 Å². The van der Waals surface area contributed by atoms with E-state index >= 15 is 0 Å². The second-order valence-corrected chi connectivity index (χ2v) is 9.76. The summed E-state index contributed by atoms with van der Waals surface area (Å²) >= 11 is 1.44. The van der Waals surface area contributed by atoms with Gasteiger partial charge in [-0.3, -0.25) is 14.4 Å². The Bertz CT molecular complexity index is 956. The maximum atomic E-state index is 12.7. The summed E-state index contributed by atoms with van der Waals surface area (Å²) in [4.78, 5) is 47.9. The summed E-state index contributed by atoms with van der Waals surface area (Å²) < 4.78 is 5.10. The molecule has 0 bridgehead atoms. The van der Waals surface area contributed by atoms with E-state index in [-0.39, 0.29) is 11.0 Å². The van der Waals surface area contributed by atoms with E-state index in [9.17, 15) is 19.2 Å². The Hall–Kier alpha value is -3.53. The molecule has 3 amide bonds. The van der Waals surface area contributed by atoms with Crippen molar-refractivity contribution in [1.29, 1.82) is 0 Å². The van der Waals surface area contributed by atoms with Crippen molar-refractivity contribution >= 4 is 35.6 Å². The van der Waals surface area contributed by atoms with E-state index < -0.39 is 48.6 Å². The third-order valence-electron chi connectivity index (χ3n) is 4.49. The van der Waals surface area contributed by atoms with Crippen LogP contribution in [0.15, 0.2) is 60.7 Å². The van der Waals surface area contributed by atoms with Crippen LogP contribution in [0.3, 0.4) is 0 Å². The maximum Gasteiger partial charge on any atom is 0.408 e. The molecule has 10 heteroatoms. The van der Waals surface area contributed by atoms with Crippen LogP contribution >= 0.6 is 11.8 Å². The molecule has 0 saturated carbocycles. The molecule has 35 heavy (non-hydrogen) atoms. The van der Waals surface area contributed by atoms with Gasteiger partial charge in [0.25, 0.3) is 0 Å². The van der Waals surface area contributed by atoms with Crippen LogP contribution in [0.25, 0.3) is 0 Å². The third-order valence-corrected chi connectivity index (χ3v) is 5.90. The van der Waals surface area contributed by atoms with Gasteiger partial charge in [-0.1, -0.05) is 60.7 Å². The normalized spacial score (nSPS) is 11.9. The highest BCUT2D eigenvalue weighted by molar-refractivity contribution is 7.99. The second-order valence-electron chi connectivity index (χ2n) is 8.62. The van der Waals surface area contributed by atoms with E-state index in [2.05, 4.69) is 16.0 Å². The fourth-order valence-corrected chi connectivity index (χ4v) is 4.33. The van der Waals surface area contributed by atoms with Crippen molar-refractivity contribution in [2.75, 3.05) is 18.8 Å². The van der Waals surface area contributed by atoms with Gasteiger partial charge in [0.15, 0.2) is 0 Å². The van der Waals surface area contributed by atoms with Crippen LogP contribution in [0.1, 0.15) is 37.1 Å². The van der Waals surface area contributed by atoms with Crippen LogP contribution < -0.4 is 16.0 Å². The van der Waals surface area contributed by atoms with Crippen LogP contribution in [0.2, 0.25) is 0 Å². The lowest BCUT2D eigenvalue weighted by molar-refractivity contribution is -0.138. The highest BCUT2D eigenvalue weighted by atomic mass is 32.2. The van der Waals surface area contributed by atoms with E-state index in [4.69, 9.17) is 9.84 Å². The summed E-state index contributed by atoms with van der Waals surface area (Å²) in [5.74, 6) is -2.28. The molecular formula is C25H31N3O6S. The van der Waals surface area contributed by atoms with E-state index in [1.807, 2.05) is 60.7 Å². The molecular weight excluding hydrogens is 470 g/mol. The summed E-state index contributed by atoms with van der Waals surface area (Å²) in [7, 11) is 0. The van der Waals surface area contributed by atoms with Gasteiger partial charge in [0.2, 0.25) is 11.8 Å². The number of carboxylic acid groups (broad SMARTS) is 1. The largest absolute Gasteiger partial charge is 0.480 e. The number of aliphatic carboxylic acids is 1. The molecule has 2 rings (SSSR count). The van der Waals surface area contributed by atoms with Crippen molar-refractivity contribution in [3.05, 3.63) is 71.8 Å². The number of hydrogen-bond acceptors (Lipinski definition) is 6. The quantitative estimate of drug-likeness (QED) is 0.372. The Balaban J connectivity index is 2.11. The molecule has 0 aliphatic heterocycles. The first kappa shape index (κ1) is 27.7. The monoisotopic (exact) mass is 501 g/mol. The lowest BCUT2D eigenvalue weighted by Gasteiger charge is -2.23. The molecule has 4 N–H and O–H groups in total. The van der Waals surface area contributed by atoms with Gasteiger partial charge in [-0.15, -0.1) is 11.8 Å². The van der Waals surface area contributed by atoms with Crippen LogP contribution in [0.4, 0.5) is 4.79 Å². The van der Waals surface area contributed by atoms with Crippen molar-refractivity contribution < 1.29 is 29.0 Å². The molecule has 0 aliphatic carbocycles. The predicted octanol–water partition coefficient (Wildman–Crippen LogP) is 2.72. The summed E-state index contributed by atoms with van der Waals surface area (Å²) in [6, 6.07) is 18.4. The standard InChI is InChI=1S/C25H31N3O6S/c1-25(2,3)34-24(33)27-14-20(29)28-19(23(32)26-15-21(30)31)16-35-22(17-10-6-4-7-11-17)18-12-8-5-9-13-18/h4-13,19,22H,14-16H2,1-3H3,(H,26,32)(H,27,33)(H,28,29)(H,30,31). The van der Waals surface area contributed by atoms with E-state index in [0.29, 0.717) is 0 Å². The SMILES string of the molecule is CC(C)(C)OC(=O)NCC(=O)NC(CSC(c1ccccc1)c1ccccc1)C(=O)NCC(=O)O. The first-order valence-electron chi connectivity index (χ1n) is 11.0. The number of rotatable bonds is 11. The molecule has 2 aromatic rings. The number of ether oxygens (including phenoxy) is 1. The number of carbonyl (C=O) groups is 4. The topological polar surface area (TPSA) is 134 Å². The van der Waals surface area contributed by atoms with Crippen molar-refractivity contribution in [3.63, 3.8) is 0 Å². The van der Waals surface area contributed by atoms with Crippen LogP contribution in [0, 0.1) is 0 Å². The predicted molar refractivity (Wildman–Crippen MR) is 134 cm³/mol. The van der Waals surface area contributed by atoms with E-state index in [1.54, 1.807) is 20.8 Å². The number of hydrogen-bond donors (Lipinski definition) is 4. The van der Waals surface area contributed by atoms with Gasteiger partial charge in [-0.25, -0.2) is 4.79 Å². The zero-order chi connectivity index (χ0) is 25.8. The van der Waals surface area contributed by atoms with Gasteiger partial charge < -0.3 is 25.8 Å². The smallest absolute Gasteiger partial charge is 0.408 e. The molecule has 0 fully saturated rings. The Morgan fingerprint density at radius 2 is 1.43 bits per heavy atom. The molecule has 188 valence electrons. The highest BCUT2D eigenvalue weighted by Crippen LogP contribution is 2.35. The molecule has 1 atom stereocenters. The number of alkyl carbamates (subject to hydrolysis) is 1. The van der Waals surface area contributed by atoms with Gasteiger partial charge in [0.05, 0.1) is 5.25 Å². The van der Waals surface area contributed by atoms with Gasteiger partial charge in [0.1, 0.15) is 24.7 Å². The maximum absolute atomic E-state index is 12.7. The molecule has 1 unspecified atom stereocenters. The lowest BCUT2D eigenvalue weighted by Crippen LogP contribution is -2.51. The van der Waals surface area contributed by atoms with Crippen molar-refractivity contribution in [1.82, 2.24) is 16.0 Å². The molecule has 0 aliphatic rings. The zero-order valence-electron chi connectivity index (χ0n) is 19.9. The Kier molecular flexibility index (Phi) is 10.6. The first-order chi connectivity index (χ1) is 16.5. The highest BCUT2D eigenvalue weighted by Gasteiger charge is 2.25. The number of carbonyl (C=O) groups excluding carboxylic acids is 3. The second kappa shape index (κ2) is 13.4. The average Bonchev–Trinajstić information content (AvgIpc) is 2.81. The minimum Gasteiger partial charge on any atom is -0.480 e. The lowest BCUT2D eigenvalue weighted by atomic mass is 10.0. The minimum absolute atomic E-state index is 0.121. The number of benzene rings is 2. The zero-order valence-corrected chi connectivity index (χ0v) is 20.8. The minimum atomic E-state index is -1.20. The average molecular weight is 502 g/mol. The molecule has 0 radical (unpaired) electrons. The first-order valence-corrected chi connectivity index (χ1v) is 12.1. The van der Waals surface area contributed by atoms with Crippen LogP contribution in [0.5, 0.6) is 0 Å². The van der Waals surface area contributed by atoms with Gasteiger partial charge in [0, 0.05) is 5.75 Å². The van der Waals surface area contributed by atoms with Crippen molar-refractivity contribution in [2.24, 2.45) is 0 Å². The van der Waals surface area contributed by atoms with E-state index in [1.165, 1.54) is 11.8 Å². The number of nitrogens with one attached hydrogen (secondary N) is 3. The van der Waals surface area contributed by atoms with Gasteiger partial charge in [-0.05, 0) is 31.9 Å². The summed E-state index contributed by atoms with van der Waals surface area (Å²) in [6.45, 7) is 4.11. The molecule has 0 spiro atoms. The summed E-state index contributed by atoms with van der Waals surface area (Å²) in [6.07, 6.45) is -0.762. The molecule has 0 saturated heterocycles. The fourth-order valence-electron chi connectivity index (χ4n) is 3.01. The van der Waals surface area contributed by atoms with Crippen molar-refractivity contribution in [2.45, 2.75) is 37.7 Å². The van der Waals surface area contributed by atoms with Crippen molar-refractivity contribution in [3.8, 4) is 0 Å². The molecule has 0 heterocycles. The van der Waals surface area contributed by atoms with Gasteiger partial charge in [-0.2, -0.15) is 0 Å². The number of carboxylic acids is 1. The number of thioether (sulfide) groups is 1. The Labute approximate surface area is 209 Å². The van der Waals surface area contributed by atoms with E-state index in [0.717, 1.165) is 11.1 Å². The molecule has 2 aromatic carbocycles. The van der Waals surface area contributed by atoms with Crippen LogP contribution in [-0.4, -0.2) is 59.5 Å². The third kappa shape index (κ3) is 10.5. The molecule has 9 nitrogen and oxygen atoms in total. The number of amides is 3.